The van der Waals surface area contributed by atoms with Gasteiger partial charge in [0.05, 0.1) is 10.2 Å². The zero-order valence-electron chi connectivity index (χ0n) is 8.52. The predicted molar refractivity (Wildman–Crippen MR) is 62.6 cm³/mol. The molecule has 2 heterocycles. The Labute approximate surface area is 96.6 Å². The van der Waals surface area contributed by atoms with Crippen molar-refractivity contribution in [3.05, 3.63) is 28.6 Å². The second-order valence-electron chi connectivity index (χ2n) is 3.76. The van der Waals surface area contributed by atoms with Crippen molar-refractivity contribution in [3.63, 3.8) is 0 Å². The Morgan fingerprint density at radius 1 is 1.60 bits per heavy atom. The molecule has 2 aromatic rings. The second kappa shape index (κ2) is 4.28. The van der Waals surface area contributed by atoms with E-state index in [4.69, 9.17) is 5.73 Å². The molecule has 0 saturated heterocycles. The lowest BCUT2D eigenvalue weighted by atomic mass is 10.1. The molecule has 1 unspecified atom stereocenters. The molecule has 0 aliphatic heterocycles. The molecule has 1 atom stereocenters. The van der Waals surface area contributed by atoms with Crippen LogP contribution in [-0.4, -0.2) is 21.1 Å². The summed E-state index contributed by atoms with van der Waals surface area (Å²) in [6.07, 6.45) is 4.57. The summed E-state index contributed by atoms with van der Waals surface area (Å²) in [6, 6.07) is 2.00. The summed E-state index contributed by atoms with van der Waals surface area (Å²) in [5.41, 5.74) is 7.49. The highest BCUT2D eigenvalue weighted by atomic mass is 79.9. The van der Waals surface area contributed by atoms with Crippen LogP contribution in [0.1, 0.15) is 12.6 Å². The minimum Gasteiger partial charge on any atom is -0.330 e. The van der Waals surface area contributed by atoms with Gasteiger partial charge in [0.1, 0.15) is 0 Å². The van der Waals surface area contributed by atoms with Gasteiger partial charge in [-0.05, 0) is 34.8 Å². The predicted octanol–water partition coefficient (Wildman–Crippen LogP) is 1.63. The molecule has 2 N–H and O–H groups in total. The van der Waals surface area contributed by atoms with Gasteiger partial charge in [0.15, 0.2) is 5.65 Å². The van der Waals surface area contributed by atoms with Crippen molar-refractivity contribution < 1.29 is 0 Å². The van der Waals surface area contributed by atoms with Crippen molar-refractivity contribution in [2.45, 2.75) is 13.3 Å². The van der Waals surface area contributed by atoms with E-state index in [2.05, 4.69) is 32.9 Å². The lowest BCUT2D eigenvalue weighted by Crippen LogP contribution is -2.13. The number of fused-ring (bicyclic) bond motifs is 1. The first-order chi connectivity index (χ1) is 7.19. The third-order valence-electron chi connectivity index (χ3n) is 2.29. The van der Waals surface area contributed by atoms with Gasteiger partial charge in [-0.25, -0.2) is 9.50 Å². The van der Waals surface area contributed by atoms with Crippen molar-refractivity contribution in [1.82, 2.24) is 14.6 Å². The molecule has 0 aliphatic rings. The Bertz CT molecular complexity index is 465. The molecule has 4 nitrogen and oxygen atoms in total. The van der Waals surface area contributed by atoms with Crippen molar-refractivity contribution >= 4 is 21.6 Å². The van der Waals surface area contributed by atoms with Gasteiger partial charge in [0.2, 0.25) is 0 Å². The van der Waals surface area contributed by atoms with Gasteiger partial charge in [-0.3, -0.25) is 0 Å². The molecular weight excluding hydrogens is 256 g/mol. The fourth-order valence-electron chi connectivity index (χ4n) is 1.44. The van der Waals surface area contributed by atoms with E-state index in [0.717, 1.165) is 22.2 Å². The van der Waals surface area contributed by atoms with E-state index in [1.54, 1.807) is 10.7 Å². The zero-order chi connectivity index (χ0) is 10.8. The van der Waals surface area contributed by atoms with E-state index in [0.29, 0.717) is 12.5 Å². The number of nitrogens with zero attached hydrogens (tertiary/aromatic N) is 3. The molecule has 0 saturated carbocycles. The third-order valence-corrected chi connectivity index (χ3v) is 2.70. The number of nitrogens with two attached hydrogens (primary N) is 1. The number of aromatic nitrogens is 3. The number of rotatable bonds is 3. The van der Waals surface area contributed by atoms with E-state index in [9.17, 15) is 0 Å². The van der Waals surface area contributed by atoms with Gasteiger partial charge in [-0.2, -0.15) is 5.10 Å². The van der Waals surface area contributed by atoms with Crippen LogP contribution in [0.3, 0.4) is 0 Å². The Hall–Kier alpha value is -0.940. The number of halogens is 1. The van der Waals surface area contributed by atoms with Gasteiger partial charge in [-0.1, -0.05) is 6.92 Å². The van der Waals surface area contributed by atoms with Crippen LogP contribution in [0.25, 0.3) is 5.65 Å². The molecule has 0 fully saturated rings. The van der Waals surface area contributed by atoms with Gasteiger partial charge in [0, 0.05) is 18.5 Å². The van der Waals surface area contributed by atoms with Gasteiger partial charge in [0.25, 0.3) is 0 Å². The van der Waals surface area contributed by atoms with Crippen LogP contribution in [0, 0.1) is 5.92 Å². The van der Waals surface area contributed by atoms with Gasteiger partial charge in [-0.15, -0.1) is 0 Å². The van der Waals surface area contributed by atoms with E-state index < -0.39 is 0 Å². The standard InChI is InChI=1S/C10H13BrN4/c1-7(4-12)2-9-3-10-13-5-8(11)6-15(10)14-9/h3,5-7H,2,4,12H2,1H3. The molecule has 2 rings (SSSR count). The van der Waals surface area contributed by atoms with Crippen molar-refractivity contribution in [2.75, 3.05) is 6.54 Å². The average Bonchev–Trinajstić information content (AvgIpc) is 2.59. The summed E-state index contributed by atoms with van der Waals surface area (Å²) in [6.45, 7) is 2.80. The maximum atomic E-state index is 5.58. The van der Waals surface area contributed by atoms with Crippen LogP contribution in [0.5, 0.6) is 0 Å². The SMILES string of the molecule is CC(CN)Cc1cc2ncc(Br)cn2n1. The zero-order valence-corrected chi connectivity index (χ0v) is 10.1. The second-order valence-corrected chi connectivity index (χ2v) is 4.67. The lowest BCUT2D eigenvalue weighted by molar-refractivity contribution is 0.581. The van der Waals surface area contributed by atoms with Crippen LogP contribution >= 0.6 is 15.9 Å². The first-order valence-electron chi connectivity index (χ1n) is 4.89. The summed E-state index contributed by atoms with van der Waals surface area (Å²) < 4.78 is 2.71. The molecule has 0 amide bonds. The van der Waals surface area contributed by atoms with Crippen LogP contribution in [0.15, 0.2) is 22.9 Å². The maximum absolute atomic E-state index is 5.58. The minimum absolute atomic E-state index is 0.457. The maximum Gasteiger partial charge on any atom is 0.155 e. The Kier molecular flexibility index (Phi) is 3.02. The fourth-order valence-corrected chi connectivity index (χ4v) is 1.74. The molecule has 80 valence electrons. The summed E-state index contributed by atoms with van der Waals surface area (Å²) in [5, 5.41) is 4.43. The normalized spacial score (nSPS) is 13.3. The first kappa shape index (κ1) is 10.6. The molecular formula is C10H13BrN4. The molecule has 0 aliphatic carbocycles. The molecule has 0 aromatic carbocycles. The molecule has 0 bridgehead atoms. The monoisotopic (exact) mass is 268 g/mol. The minimum atomic E-state index is 0.457. The highest BCUT2D eigenvalue weighted by molar-refractivity contribution is 9.10. The summed E-state index contributed by atoms with van der Waals surface area (Å²) in [4.78, 5) is 4.26. The summed E-state index contributed by atoms with van der Waals surface area (Å²) in [5.74, 6) is 0.457. The van der Waals surface area contributed by atoms with Crippen molar-refractivity contribution in [2.24, 2.45) is 11.7 Å². The average molecular weight is 269 g/mol. The smallest absolute Gasteiger partial charge is 0.155 e. The number of hydrogen-bond donors (Lipinski definition) is 1. The first-order valence-corrected chi connectivity index (χ1v) is 5.68. The van der Waals surface area contributed by atoms with Crippen LogP contribution in [-0.2, 0) is 6.42 Å². The van der Waals surface area contributed by atoms with Crippen molar-refractivity contribution in [3.8, 4) is 0 Å². The largest absolute Gasteiger partial charge is 0.330 e. The van der Waals surface area contributed by atoms with E-state index in [1.165, 1.54) is 0 Å². The van der Waals surface area contributed by atoms with Gasteiger partial charge >= 0.3 is 0 Å². The highest BCUT2D eigenvalue weighted by Gasteiger charge is 2.06. The molecule has 2 aromatic heterocycles. The van der Waals surface area contributed by atoms with Crippen LogP contribution < -0.4 is 5.73 Å². The van der Waals surface area contributed by atoms with Crippen LogP contribution in [0.4, 0.5) is 0 Å². The van der Waals surface area contributed by atoms with E-state index in [1.807, 2.05) is 12.3 Å². The molecule has 5 heteroatoms. The summed E-state index contributed by atoms with van der Waals surface area (Å²) >= 11 is 3.36. The Balaban J connectivity index is 2.30. The number of hydrogen-bond acceptors (Lipinski definition) is 3. The summed E-state index contributed by atoms with van der Waals surface area (Å²) in [7, 11) is 0. The Morgan fingerprint density at radius 2 is 2.40 bits per heavy atom. The molecule has 0 spiro atoms. The van der Waals surface area contributed by atoms with E-state index >= 15 is 0 Å². The fraction of sp³-hybridized carbons (Fsp3) is 0.400. The highest BCUT2D eigenvalue weighted by Crippen LogP contribution is 2.12. The molecule has 15 heavy (non-hydrogen) atoms. The quantitative estimate of drug-likeness (QED) is 0.921. The molecule has 0 radical (unpaired) electrons. The van der Waals surface area contributed by atoms with E-state index in [-0.39, 0.29) is 0 Å². The Morgan fingerprint density at radius 3 is 3.13 bits per heavy atom. The lowest BCUT2D eigenvalue weighted by Gasteiger charge is -2.03. The van der Waals surface area contributed by atoms with Crippen LogP contribution in [0.2, 0.25) is 0 Å². The van der Waals surface area contributed by atoms with Crippen molar-refractivity contribution in [1.29, 1.82) is 0 Å². The third kappa shape index (κ3) is 2.35. The topological polar surface area (TPSA) is 56.2 Å². The van der Waals surface area contributed by atoms with Gasteiger partial charge < -0.3 is 5.73 Å².